The topological polar surface area (TPSA) is 55.4 Å². The number of ether oxygens (including phenoxy) is 1. The van der Waals surface area contributed by atoms with Crippen LogP contribution in [0.3, 0.4) is 0 Å². The van der Waals surface area contributed by atoms with Gasteiger partial charge in [0.05, 0.1) is 6.10 Å². The molecule has 142 valence electrons. The lowest BCUT2D eigenvalue weighted by molar-refractivity contribution is -0.127. The Bertz CT molecular complexity index is 694. The molecule has 1 spiro atoms. The van der Waals surface area contributed by atoms with Crippen molar-refractivity contribution in [2.75, 3.05) is 6.61 Å². The number of carbonyl (C=O) groups is 2. The van der Waals surface area contributed by atoms with Crippen LogP contribution < -0.4 is 5.32 Å². The molecular formula is C21H28ClNO3. The van der Waals surface area contributed by atoms with Gasteiger partial charge in [0.15, 0.2) is 5.78 Å². The lowest BCUT2D eigenvalue weighted by atomic mass is 9.75. The fourth-order valence-electron chi connectivity index (χ4n) is 4.50. The largest absolute Gasteiger partial charge is 0.378 e. The molecule has 3 unspecified atom stereocenters. The highest BCUT2D eigenvalue weighted by Crippen LogP contribution is 2.41. The maximum atomic E-state index is 13.4. The molecule has 1 saturated carbocycles. The van der Waals surface area contributed by atoms with Crippen molar-refractivity contribution in [3.8, 4) is 0 Å². The molecule has 1 aromatic carbocycles. The van der Waals surface area contributed by atoms with E-state index < -0.39 is 11.5 Å². The van der Waals surface area contributed by atoms with E-state index >= 15 is 0 Å². The number of Topliss-reactive ketones (excluding diaryl/α,β-unsaturated/α-hetero) is 1. The highest BCUT2D eigenvalue weighted by atomic mass is 35.5. The van der Waals surface area contributed by atoms with Crippen LogP contribution in [0.4, 0.5) is 0 Å². The highest BCUT2D eigenvalue weighted by Gasteiger charge is 2.55. The third-order valence-corrected chi connectivity index (χ3v) is 5.98. The molecule has 26 heavy (non-hydrogen) atoms. The predicted octanol–water partition coefficient (Wildman–Crippen LogP) is 4.24. The fourth-order valence-corrected chi connectivity index (χ4v) is 4.83. The Morgan fingerprint density at radius 2 is 1.96 bits per heavy atom. The third kappa shape index (κ3) is 3.54. The molecule has 1 heterocycles. The van der Waals surface area contributed by atoms with E-state index in [2.05, 4.69) is 12.2 Å². The number of hydrogen-bond acceptors (Lipinski definition) is 3. The minimum absolute atomic E-state index is 0.000172. The van der Waals surface area contributed by atoms with Crippen LogP contribution in [0.1, 0.15) is 68.1 Å². The summed E-state index contributed by atoms with van der Waals surface area (Å²) in [6.45, 7) is 6.68. The van der Waals surface area contributed by atoms with Gasteiger partial charge in [-0.15, -0.1) is 0 Å². The number of halogens is 1. The van der Waals surface area contributed by atoms with Crippen molar-refractivity contribution >= 4 is 23.3 Å². The summed E-state index contributed by atoms with van der Waals surface area (Å²) in [5, 5.41) is 3.69. The summed E-state index contributed by atoms with van der Waals surface area (Å²) < 4.78 is 5.98. The minimum atomic E-state index is -0.768. The molecule has 0 radical (unpaired) electrons. The van der Waals surface area contributed by atoms with Crippen LogP contribution in [0.5, 0.6) is 0 Å². The first-order valence-electron chi connectivity index (χ1n) is 9.62. The van der Waals surface area contributed by atoms with Gasteiger partial charge < -0.3 is 10.1 Å². The van der Waals surface area contributed by atoms with E-state index in [1.807, 2.05) is 26.0 Å². The number of rotatable bonds is 5. The van der Waals surface area contributed by atoms with Crippen LogP contribution in [-0.4, -0.2) is 29.9 Å². The number of hydrogen-bond donors (Lipinski definition) is 1. The zero-order valence-electron chi connectivity index (χ0n) is 15.9. The SMILES string of the molecule is CCCCOC1CCCC2(C1)NC(=O)C(c1c(C)cc(Cl)cc1C)C2=O. The van der Waals surface area contributed by atoms with E-state index in [0.717, 1.165) is 49.0 Å². The molecule has 3 rings (SSSR count). The van der Waals surface area contributed by atoms with Gasteiger partial charge in [0.25, 0.3) is 0 Å². The molecule has 1 aromatic rings. The van der Waals surface area contributed by atoms with Gasteiger partial charge in [0.2, 0.25) is 5.91 Å². The number of amides is 1. The molecule has 1 N–H and O–H groups in total. The van der Waals surface area contributed by atoms with Crippen LogP contribution >= 0.6 is 11.6 Å². The molecule has 1 aliphatic heterocycles. The Morgan fingerprint density at radius 1 is 1.27 bits per heavy atom. The summed E-state index contributed by atoms with van der Waals surface area (Å²) in [5.41, 5.74) is 1.83. The smallest absolute Gasteiger partial charge is 0.235 e. The van der Waals surface area contributed by atoms with E-state index in [-0.39, 0.29) is 17.8 Å². The molecule has 0 bridgehead atoms. The van der Waals surface area contributed by atoms with Crippen molar-refractivity contribution in [2.45, 2.75) is 76.9 Å². The molecule has 4 nitrogen and oxygen atoms in total. The van der Waals surface area contributed by atoms with E-state index in [1.165, 1.54) is 0 Å². The molecule has 2 aliphatic rings. The number of unbranched alkanes of at least 4 members (excludes halogenated alkanes) is 1. The Balaban J connectivity index is 1.85. The van der Waals surface area contributed by atoms with E-state index in [1.54, 1.807) is 0 Å². The van der Waals surface area contributed by atoms with Gasteiger partial charge in [-0.2, -0.15) is 0 Å². The third-order valence-electron chi connectivity index (χ3n) is 5.76. The zero-order valence-corrected chi connectivity index (χ0v) is 16.6. The lowest BCUT2D eigenvalue weighted by Gasteiger charge is -2.36. The summed E-state index contributed by atoms with van der Waals surface area (Å²) in [6.07, 6.45) is 5.30. The van der Waals surface area contributed by atoms with Crippen LogP contribution in [0.25, 0.3) is 0 Å². The Hall–Kier alpha value is -1.39. The molecule has 1 amide bonds. The Morgan fingerprint density at radius 3 is 2.62 bits per heavy atom. The fraction of sp³-hybridized carbons (Fsp3) is 0.619. The first kappa shape index (κ1) is 19.4. The van der Waals surface area contributed by atoms with Crippen molar-refractivity contribution < 1.29 is 14.3 Å². The summed E-state index contributed by atoms with van der Waals surface area (Å²) in [6, 6.07) is 3.65. The predicted molar refractivity (Wildman–Crippen MR) is 103 cm³/mol. The number of ketones is 1. The normalized spacial score (nSPS) is 28.6. The van der Waals surface area contributed by atoms with Crippen molar-refractivity contribution in [1.29, 1.82) is 0 Å². The van der Waals surface area contributed by atoms with Gasteiger partial charge in [0, 0.05) is 18.1 Å². The molecule has 1 saturated heterocycles. The summed E-state index contributed by atoms with van der Waals surface area (Å²) in [7, 11) is 0. The van der Waals surface area contributed by atoms with E-state index in [0.29, 0.717) is 17.9 Å². The first-order chi connectivity index (χ1) is 12.4. The van der Waals surface area contributed by atoms with Crippen LogP contribution in [0, 0.1) is 13.8 Å². The number of benzene rings is 1. The Labute approximate surface area is 160 Å². The zero-order chi connectivity index (χ0) is 18.9. The summed E-state index contributed by atoms with van der Waals surface area (Å²) >= 11 is 6.12. The van der Waals surface area contributed by atoms with Crippen molar-refractivity contribution in [3.63, 3.8) is 0 Å². The number of carbonyl (C=O) groups excluding carboxylic acids is 2. The van der Waals surface area contributed by atoms with Crippen molar-refractivity contribution in [1.82, 2.24) is 5.32 Å². The van der Waals surface area contributed by atoms with Crippen LogP contribution in [0.2, 0.25) is 5.02 Å². The maximum Gasteiger partial charge on any atom is 0.235 e. The average molecular weight is 378 g/mol. The average Bonchev–Trinajstić information content (AvgIpc) is 2.79. The molecule has 0 aromatic heterocycles. The van der Waals surface area contributed by atoms with Crippen molar-refractivity contribution in [2.24, 2.45) is 0 Å². The summed E-state index contributed by atoms with van der Waals surface area (Å²) in [4.78, 5) is 26.2. The molecule has 3 atom stereocenters. The van der Waals surface area contributed by atoms with Crippen LogP contribution in [0.15, 0.2) is 12.1 Å². The second-order valence-corrected chi connectivity index (χ2v) is 8.20. The molecule has 2 fully saturated rings. The monoisotopic (exact) mass is 377 g/mol. The number of nitrogens with one attached hydrogen (secondary N) is 1. The molecule has 5 heteroatoms. The van der Waals surface area contributed by atoms with Gasteiger partial charge >= 0.3 is 0 Å². The van der Waals surface area contributed by atoms with Gasteiger partial charge in [0.1, 0.15) is 11.5 Å². The van der Waals surface area contributed by atoms with E-state index in [9.17, 15) is 9.59 Å². The van der Waals surface area contributed by atoms with Gasteiger partial charge in [-0.1, -0.05) is 24.9 Å². The van der Waals surface area contributed by atoms with E-state index in [4.69, 9.17) is 16.3 Å². The lowest BCUT2D eigenvalue weighted by Crippen LogP contribution is -2.51. The van der Waals surface area contributed by atoms with Gasteiger partial charge in [-0.25, -0.2) is 0 Å². The maximum absolute atomic E-state index is 13.4. The Kier molecular flexibility index (Phi) is 5.73. The van der Waals surface area contributed by atoms with Crippen LogP contribution in [-0.2, 0) is 14.3 Å². The second kappa shape index (κ2) is 7.69. The van der Waals surface area contributed by atoms with Gasteiger partial charge in [-0.05, 0) is 68.4 Å². The standard InChI is InChI=1S/C21H28ClNO3/c1-4-5-9-26-16-7-6-8-21(12-16)19(24)18(20(25)23-21)17-13(2)10-15(22)11-14(17)3/h10-11,16,18H,4-9,12H2,1-3H3,(H,23,25). The number of aryl methyl sites for hydroxylation is 2. The second-order valence-electron chi connectivity index (χ2n) is 7.76. The first-order valence-corrected chi connectivity index (χ1v) is 10.0. The minimum Gasteiger partial charge on any atom is -0.378 e. The molecule has 1 aliphatic carbocycles. The quantitative estimate of drug-likeness (QED) is 0.616. The highest BCUT2D eigenvalue weighted by molar-refractivity contribution is 6.30. The van der Waals surface area contributed by atoms with Crippen molar-refractivity contribution in [3.05, 3.63) is 33.8 Å². The molecular weight excluding hydrogens is 350 g/mol. The summed E-state index contributed by atoms with van der Waals surface area (Å²) in [5.74, 6) is -0.917. The van der Waals surface area contributed by atoms with Gasteiger partial charge in [-0.3, -0.25) is 9.59 Å².